The number of anilines is 1. The molecule has 1 aromatic heterocycles. The van der Waals surface area contributed by atoms with Crippen LogP contribution in [-0.4, -0.2) is 27.7 Å². The summed E-state index contributed by atoms with van der Waals surface area (Å²) in [6.45, 7) is 2.60. The van der Waals surface area contributed by atoms with Gasteiger partial charge in [0.15, 0.2) is 0 Å². The Morgan fingerprint density at radius 3 is 3.06 bits per heavy atom. The molecule has 2 N–H and O–H groups in total. The lowest BCUT2D eigenvalue weighted by Crippen LogP contribution is -2.25. The molecule has 1 fully saturated rings. The number of nitrogens with one attached hydrogen (secondary N) is 1. The molecule has 0 aliphatic heterocycles. The Labute approximate surface area is 107 Å². The van der Waals surface area contributed by atoms with Crippen LogP contribution in [0.1, 0.15) is 37.1 Å². The number of aromatic nitrogens is 2. The van der Waals surface area contributed by atoms with Crippen molar-refractivity contribution in [2.75, 3.05) is 11.9 Å². The summed E-state index contributed by atoms with van der Waals surface area (Å²) in [7, 11) is 0. The standard InChI is InChI=1S/C13H18N4O/c1-9-5-11(7-14)17-13(16-9)15-8-10-3-2-4-12(18)6-10/h5,10,12,18H,2-4,6,8H2,1H3,(H,15,16,17). The summed E-state index contributed by atoms with van der Waals surface area (Å²) >= 11 is 0. The second-order valence-corrected chi connectivity index (χ2v) is 4.90. The van der Waals surface area contributed by atoms with E-state index < -0.39 is 0 Å². The lowest BCUT2D eigenvalue weighted by molar-refractivity contribution is 0.104. The summed E-state index contributed by atoms with van der Waals surface area (Å²) < 4.78 is 0. The van der Waals surface area contributed by atoms with Crippen LogP contribution in [0.5, 0.6) is 0 Å². The Hall–Kier alpha value is -1.67. The van der Waals surface area contributed by atoms with Crippen LogP contribution in [-0.2, 0) is 0 Å². The van der Waals surface area contributed by atoms with E-state index in [4.69, 9.17) is 5.26 Å². The molecule has 1 heterocycles. The second-order valence-electron chi connectivity index (χ2n) is 4.90. The van der Waals surface area contributed by atoms with Gasteiger partial charge < -0.3 is 10.4 Å². The predicted molar refractivity (Wildman–Crippen MR) is 67.9 cm³/mol. The molecular formula is C13H18N4O. The van der Waals surface area contributed by atoms with Crippen LogP contribution in [0.3, 0.4) is 0 Å². The molecular weight excluding hydrogens is 228 g/mol. The van der Waals surface area contributed by atoms with E-state index in [1.165, 1.54) is 0 Å². The van der Waals surface area contributed by atoms with Crippen molar-refractivity contribution in [3.05, 3.63) is 17.5 Å². The number of aliphatic hydroxyl groups excluding tert-OH is 1. The number of aryl methyl sites for hydroxylation is 1. The smallest absolute Gasteiger partial charge is 0.224 e. The average molecular weight is 246 g/mol. The third kappa shape index (κ3) is 3.41. The summed E-state index contributed by atoms with van der Waals surface area (Å²) in [6, 6.07) is 3.68. The zero-order valence-corrected chi connectivity index (χ0v) is 10.6. The van der Waals surface area contributed by atoms with E-state index in [-0.39, 0.29) is 6.10 Å². The molecule has 2 rings (SSSR count). The SMILES string of the molecule is Cc1cc(C#N)nc(NCC2CCCC(O)C2)n1. The van der Waals surface area contributed by atoms with Crippen LogP contribution in [0, 0.1) is 24.2 Å². The first-order valence-corrected chi connectivity index (χ1v) is 6.35. The van der Waals surface area contributed by atoms with Crippen molar-refractivity contribution in [2.45, 2.75) is 38.7 Å². The fourth-order valence-corrected chi connectivity index (χ4v) is 2.39. The van der Waals surface area contributed by atoms with Gasteiger partial charge in [0.2, 0.25) is 5.95 Å². The molecule has 0 aromatic carbocycles. The molecule has 0 spiro atoms. The molecule has 1 aliphatic rings. The van der Waals surface area contributed by atoms with Crippen molar-refractivity contribution in [3.63, 3.8) is 0 Å². The number of hydrogen-bond donors (Lipinski definition) is 2. The largest absolute Gasteiger partial charge is 0.393 e. The number of nitrogens with zero attached hydrogens (tertiary/aromatic N) is 3. The minimum Gasteiger partial charge on any atom is -0.393 e. The summed E-state index contributed by atoms with van der Waals surface area (Å²) in [6.07, 6.45) is 3.78. The van der Waals surface area contributed by atoms with Crippen molar-refractivity contribution in [1.82, 2.24) is 9.97 Å². The highest BCUT2D eigenvalue weighted by molar-refractivity contribution is 5.32. The van der Waals surface area contributed by atoms with Gasteiger partial charge in [0.25, 0.3) is 0 Å². The molecule has 5 heteroatoms. The van der Waals surface area contributed by atoms with E-state index in [0.717, 1.165) is 37.9 Å². The van der Waals surface area contributed by atoms with Gasteiger partial charge in [-0.1, -0.05) is 6.42 Å². The van der Waals surface area contributed by atoms with Crippen LogP contribution in [0.2, 0.25) is 0 Å². The van der Waals surface area contributed by atoms with Crippen LogP contribution in [0.15, 0.2) is 6.07 Å². The lowest BCUT2D eigenvalue weighted by atomic mass is 9.87. The van der Waals surface area contributed by atoms with Gasteiger partial charge in [-0.25, -0.2) is 9.97 Å². The van der Waals surface area contributed by atoms with Crippen LogP contribution in [0.25, 0.3) is 0 Å². The number of hydrogen-bond acceptors (Lipinski definition) is 5. The van der Waals surface area contributed by atoms with E-state index in [0.29, 0.717) is 17.6 Å². The Morgan fingerprint density at radius 2 is 2.33 bits per heavy atom. The zero-order valence-electron chi connectivity index (χ0n) is 10.6. The number of rotatable bonds is 3. The van der Waals surface area contributed by atoms with Crippen molar-refractivity contribution < 1.29 is 5.11 Å². The van der Waals surface area contributed by atoms with Gasteiger partial charge in [-0.3, -0.25) is 0 Å². The fourth-order valence-electron chi connectivity index (χ4n) is 2.39. The monoisotopic (exact) mass is 246 g/mol. The van der Waals surface area contributed by atoms with E-state index in [1.54, 1.807) is 6.07 Å². The van der Waals surface area contributed by atoms with Crippen LogP contribution in [0.4, 0.5) is 5.95 Å². The molecule has 0 amide bonds. The number of nitriles is 1. The first kappa shape index (κ1) is 12.8. The maximum atomic E-state index is 9.60. The summed E-state index contributed by atoms with van der Waals surface area (Å²) in [5, 5.41) is 21.6. The summed E-state index contributed by atoms with van der Waals surface area (Å²) in [5.74, 6) is 0.968. The molecule has 0 saturated heterocycles. The molecule has 0 bridgehead atoms. The van der Waals surface area contributed by atoms with E-state index in [9.17, 15) is 5.11 Å². The van der Waals surface area contributed by atoms with E-state index in [2.05, 4.69) is 15.3 Å². The van der Waals surface area contributed by atoms with Gasteiger partial charge in [-0.15, -0.1) is 0 Å². The quantitative estimate of drug-likeness (QED) is 0.847. The Balaban J connectivity index is 1.93. The minimum absolute atomic E-state index is 0.168. The topological polar surface area (TPSA) is 81.8 Å². The molecule has 0 radical (unpaired) electrons. The molecule has 1 aromatic rings. The normalized spacial score (nSPS) is 23.4. The van der Waals surface area contributed by atoms with Gasteiger partial charge in [0.05, 0.1) is 6.10 Å². The maximum absolute atomic E-state index is 9.60. The van der Waals surface area contributed by atoms with E-state index >= 15 is 0 Å². The first-order valence-electron chi connectivity index (χ1n) is 6.35. The summed E-state index contributed by atoms with van der Waals surface area (Å²) in [5.41, 5.74) is 1.17. The highest BCUT2D eigenvalue weighted by Gasteiger charge is 2.20. The molecule has 1 saturated carbocycles. The molecule has 18 heavy (non-hydrogen) atoms. The summed E-state index contributed by atoms with van der Waals surface area (Å²) in [4.78, 5) is 8.36. The molecule has 2 atom stereocenters. The third-order valence-electron chi connectivity index (χ3n) is 3.27. The van der Waals surface area contributed by atoms with Gasteiger partial charge in [-0.05, 0) is 38.2 Å². The zero-order chi connectivity index (χ0) is 13.0. The first-order chi connectivity index (χ1) is 8.67. The van der Waals surface area contributed by atoms with E-state index in [1.807, 2.05) is 13.0 Å². The van der Waals surface area contributed by atoms with Crippen LogP contribution >= 0.6 is 0 Å². The predicted octanol–water partition coefficient (Wildman–Crippen LogP) is 1.62. The lowest BCUT2D eigenvalue weighted by Gasteiger charge is -2.25. The highest BCUT2D eigenvalue weighted by atomic mass is 16.3. The van der Waals surface area contributed by atoms with Crippen molar-refractivity contribution in [3.8, 4) is 6.07 Å². The van der Waals surface area contributed by atoms with Crippen molar-refractivity contribution in [1.29, 1.82) is 5.26 Å². The van der Waals surface area contributed by atoms with Crippen molar-refractivity contribution in [2.24, 2.45) is 5.92 Å². The van der Waals surface area contributed by atoms with Gasteiger partial charge >= 0.3 is 0 Å². The minimum atomic E-state index is -0.168. The molecule has 96 valence electrons. The highest BCUT2D eigenvalue weighted by Crippen LogP contribution is 2.24. The molecule has 5 nitrogen and oxygen atoms in total. The Morgan fingerprint density at radius 1 is 1.50 bits per heavy atom. The van der Waals surface area contributed by atoms with Gasteiger partial charge in [0, 0.05) is 12.2 Å². The van der Waals surface area contributed by atoms with Crippen molar-refractivity contribution >= 4 is 5.95 Å². The average Bonchev–Trinajstić information content (AvgIpc) is 2.36. The maximum Gasteiger partial charge on any atom is 0.224 e. The number of aliphatic hydroxyl groups is 1. The third-order valence-corrected chi connectivity index (χ3v) is 3.27. The Bertz CT molecular complexity index is 455. The molecule has 1 aliphatic carbocycles. The Kier molecular flexibility index (Phi) is 4.11. The van der Waals surface area contributed by atoms with Gasteiger partial charge in [-0.2, -0.15) is 5.26 Å². The second kappa shape index (κ2) is 5.78. The molecule has 2 unspecified atom stereocenters. The van der Waals surface area contributed by atoms with Gasteiger partial charge in [0.1, 0.15) is 11.8 Å². The van der Waals surface area contributed by atoms with Crippen LogP contribution < -0.4 is 5.32 Å². The fraction of sp³-hybridized carbons (Fsp3) is 0.615.